The minimum atomic E-state index is -4.02. The Labute approximate surface area is 227 Å². The summed E-state index contributed by atoms with van der Waals surface area (Å²) in [5.74, 6) is 0.351. The Kier molecular flexibility index (Phi) is 8.59. The van der Waals surface area contributed by atoms with E-state index in [2.05, 4.69) is 17.4 Å². The van der Waals surface area contributed by atoms with Gasteiger partial charge in [-0.05, 0) is 73.0 Å². The van der Waals surface area contributed by atoms with Gasteiger partial charge >= 0.3 is 0 Å². The minimum Gasteiger partial charge on any atom is -0.324 e. The Morgan fingerprint density at radius 3 is 2.22 bits per heavy atom. The topological polar surface area (TPSA) is 66.5 Å². The van der Waals surface area contributed by atoms with Crippen molar-refractivity contribution in [2.45, 2.75) is 29.4 Å². The van der Waals surface area contributed by atoms with E-state index in [1.165, 1.54) is 17.0 Å². The van der Waals surface area contributed by atoms with Gasteiger partial charge in [0.2, 0.25) is 5.91 Å². The lowest BCUT2D eigenvalue weighted by atomic mass is 10.1. The fraction of sp³-hybridized carbons (Fsp3) is 0.138. The predicted octanol–water partition coefficient (Wildman–Crippen LogP) is 7.08. The molecule has 4 aromatic rings. The van der Waals surface area contributed by atoms with Crippen molar-refractivity contribution in [3.8, 4) is 0 Å². The van der Waals surface area contributed by atoms with Gasteiger partial charge < -0.3 is 5.32 Å². The number of halogens is 1. The van der Waals surface area contributed by atoms with Crippen LogP contribution in [0.1, 0.15) is 16.7 Å². The van der Waals surface area contributed by atoms with E-state index in [-0.39, 0.29) is 4.90 Å². The Balaban J connectivity index is 1.54. The molecule has 0 unspecified atom stereocenters. The molecule has 0 saturated carbocycles. The van der Waals surface area contributed by atoms with E-state index in [9.17, 15) is 13.2 Å². The zero-order valence-electron chi connectivity index (χ0n) is 20.5. The van der Waals surface area contributed by atoms with E-state index in [0.29, 0.717) is 22.0 Å². The molecule has 1 amide bonds. The van der Waals surface area contributed by atoms with E-state index < -0.39 is 22.5 Å². The number of thioether (sulfide) groups is 1. The smallest absolute Gasteiger partial charge is 0.264 e. The molecular weight excluding hydrogens is 524 g/mol. The first-order valence-electron chi connectivity index (χ1n) is 11.7. The second-order valence-corrected chi connectivity index (χ2v) is 11.9. The predicted molar refractivity (Wildman–Crippen MR) is 153 cm³/mol. The van der Waals surface area contributed by atoms with Crippen LogP contribution < -0.4 is 9.62 Å². The van der Waals surface area contributed by atoms with E-state index in [4.69, 9.17) is 11.6 Å². The van der Waals surface area contributed by atoms with Crippen molar-refractivity contribution in [3.05, 3.63) is 119 Å². The summed E-state index contributed by atoms with van der Waals surface area (Å²) in [7, 11) is -4.02. The molecular formula is C29H27ClN2O3S2. The lowest BCUT2D eigenvalue weighted by Crippen LogP contribution is -2.38. The molecule has 0 atom stereocenters. The van der Waals surface area contributed by atoms with Crippen LogP contribution in [0.5, 0.6) is 0 Å². The van der Waals surface area contributed by atoms with E-state index in [0.717, 1.165) is 21.2 Å². The maximum Gasteiger partial charge on any atom is 0.264 e. The summed E-state index contributed by atoms with van der Waals surface area (Å²) < 4.78 is 28.3. The van der Waals surface area contributed by atoms with Crippen molar-refractivity contribution in [2.75, 3.05) is 16.2 Å². The van der Waals surface area contributed by atoms with Crippen LogP contribution in [0.15, 0.2) is 107 Å². The Bertz CT molecular complexity index is 1490. The summed E-state index contributed by atoms with van der Waals surface area (Å²) in [5.41, 5.74) is 3.71. The van der Waals surface area contributed by atoms with E-state index in [1.807, 2.05) is 43.3 Å². The molecule has 0 radical (unpaired) electrons. The van der Waals surface area contributed by atoms with Crippen LogP contribution in [0.3, 0.4) is 0 Å². The maximum absolute atomic E-state index is 13.6. The van der Waals surface area contributed by atoms with E-state index in [1.54, 1.807) is 55.1 Å². The molecule has 37 heavy (non-hydrogen) atoms. The van der Waals surface area contributed by atoms with Gasteiger partial charge in [0, 0.05) is 21.4 Å². The third-order valence-electron chi connectivity index (χ3n) is 5.77. The molecule has 0 fully saturated rings. The summed E-state index contributed by atoms with van der Waals surface area (Å²) >= 11 is 7.94. The summed E-state index contributed by atoms with van der Waals surface area (Å²) in [6.07, 6.45) is 0. The first-order chi connectivity index (χ1) is 17.7. The third-order valence-corrected chi connectivity index (χ3v) is 8.86. The second-order valence-electron chi connectivity index (χ2n) is 8.55. The van der Waals surface area contributed by atoms with Crippen LogP contribution in [0.25, 0.3) is 0 Å². The zero-order chi connectivity index (χ0) is 26.4. The molecule has 0 spiro atoms. The van der Waals surface area contributed by atoms with Gasteiger partial charge in [0.1, 0.15) is 6.54 Å². The van der Waals surface area contributed by atoms with Crippen molar-refractivity contribution in [1.29, 1.82) is 0 Å². The number of benzene rings is 4. The highest BCUT2D eigenvalue weighted by Gasteiger charge is 2.28. The molecule has 4 aromatic carbocycles. The van der Waals surface area contributed by atoms with Gasteiger partial charge in [0.25, 0.3) is 10.0 Å². The van der Waals surface area contributed by atoms with Crippen LogP contribution in [-0.4, -0.2) is 20.9 Å². The van der Waals surface area contributed by atoms with Crippen LogP contribution in [0.4, 0.5) is 11.4 Å². The first kappa shape index (κ1) is 26.8. The van der Waals surface area contributed by atoms with Crippen LogP contribution in [0, 0.1) is 13.8 Å². The zero-order valence-corrected chi connectivity index (χ0v) is 22.9. The van der Waals surface area contributed by atoms with Crippen molar-refractivity contribution in [1.82, 2.24) is 0 Å². The fourth-order valence-corrected chi connectivity index (χ4v) is 6.36. The number of aryl methyl sites for hydroxylation is 2. The quantitative estimate of drug-likeness (QED) is 0.226. The summed E-state index contributed by atoms with van der Waals surface area (Å²) in [4.78, 5) is 14.4. The van der Waals surface area contributed by atoms with Gasteiger partial charge in [-0.3, -0.25) is 9.10 Å². The van der Waals surface area contributed by atoms with Crippen molar-refractivity contribution < 1.29 is 13.2 Å². The van der Waals surface area contributed by atoms with Gasteiger partial charge in [-0.25, -0.2) is 8.42 Å². The molecule has 4 rings (SSSR count). The number of rotatable bonds is 9. The average molecular weight is 551 g/mol. The minimum absolute atomic E-state index is 0.0959. The van der Waals surface area contributed by atoms with Gasteiger partial charge in [0.15, 0.2) is 0 Å². The van der Waals surface area contributed by atoms with Gasteiger partial charge in [0.05, 0.1) is 10.6 Å². The molecule has 0 saturated heterocycles. The van der Waals surface area contributed by atoms with Gasteiger partial charge in [-0.1, -0.05) is 66.2 Å². The Hall–Kier alpha value is -3.26. The number of carbonyl (C=O) groups is 1. The standard InChI is InChI=1S/C29H27ClN2O3S2/c1-21-13-15-24(30)18-28(21)32(37(34,35)26-11-7-4-8-12-26)19-29(33)31-27-16-14-23(17-22(27)2)20-36-25-9-5-3-6-10-25/h3-18H,19-20H2,1-2H3,(H,31,33). The van der Waals surface area contributed by atoms with Crippen LogP contribution in [-0.2, 0) is 20.6 Å². The number of anilines is 2. The number of carbonyl (C=O) groups excluding carboxylic acids is 1. The van der Waals surface area contributed by atoms with E-state index >= 15 is 0 Å². The van der Waals surface area contributed by atoms with Crippen molar-refractivity contribution >= 4 is 50.7 Å². The number of sulfonamides is 1. The monoisotopic (exact) mass is 550 g/mol. The molecule has 190 valence electrons. The molecule has 0 aromatic heterocycles. The lowest BCUT2D eigenvalue weighted by molar-refractivity contribution is -0.114. The third kappa shape index (κ3) is 6.74. The summed E-state index contributed by atoms with van der Waals surface area (Å²) in [6.45, 7) is 3.31. The molecule has 8 heteroatoms. The Morgan fingerprint density at radius 2 is 1.54 bits per heavy atom. The van der Waals surface area contributed by atoms with Crippen LogP contribution >= 0.6 is 23.4 Å². The highest BCUT2D eigenvalue weighted by molar-refractivity contribution is 7.98. The molecule has 5 nitrogen and oxygen atoms in total. The Morgan fingerprint density at radius 1 is 0.865 bits per heavy atom. The van der Waals surface area contributed by atoms with Crippen LogP contribution in [0.2, 0.25) is 5.02 Å². The highest BCUT2D eigenvalue weighted by atomic mass is 35.5. The summed E-state index contributed by atoms with van der Waals surface area (Å²) in [6, 6.07) is 29.1. The number of hydrogen-bond donors (Lipinski definition) is 1. The summed E-state index contributed by atoms with van der Waals surface area (Å²) in [5, 5.41) is 3.27. The number of nitrogens with one attached hydrogen (secondary N) is 1. The molecule has 0 aliphatic carbocycles. The molecule has 0 bridgehead atoms. The lowest BCUT2D eigenvalue weighted by Gasteiger charge is -2.26. The molecule has 0 heterocycles. The second kappa shape index (κ2) is 11.9. The molecule has 0 aliphatic heterocycles. The first-order valence-corrected chi connectivity index (χ1v) is 14.5. The maximum atomic E-state index is 13.6. The van der Waals surface area contributed by atoms with Crippen molar-refractivity contribution in [2.24, 2.45) is 0 Å². The highest BCUT2D eigenvalue weighted by Crippen LogP contribution is 2.30. The largest absolute Gasteiger partial charge is 0.324 e. The number of amides is 1. The SMILES string of the molecule is Cc1cc(CSc2ccccc2)ccc1NC(=O)CN(c1cc(Cl)ccc1C)S(=O)(=O)c1ccccc1. The average Bonchev–Trinajstić information content (AvgIpc) is 2.90. The molecule has 0 aliphatic rings. The normalized spacial score (nSPS) is 11.2. The fourth-order valence-electron chi connectivity index (χ4n) is 3.83. The van der Waals surface area contributed by atoms with Gasteiger partial charge in [-0.15, -0.1) is 11.8 Å². The molecule has 1 N–H and O–H groups in total. The van der Waals surface area contributed by atoms with Gasteiger partial charge in [-0.2, -0.15) is 0 Å². The number of nitrogens with zero attached hydrogens (tertiary/aromatic N) is 1. The van der Waals surface area contributed by atoms with Crippen molar-refractivity contribution in [3.63, 3.8) is 0 Å². The number of hydrogen-bond acceptors (Lipinski definition) is 4.